The Hall–Kier alpha value is 0. The second-order valence-electron chi connectivity index (χ2n) is 6.94. The maximum atomic E-state index is 2.53. The summed E-state index contributed by atoms with van der Waals surface area (Å²) in [5.41, 5.74) is 0.710. The zero-order chi connectivity index (χ0) is 11.9. The Morgan fingerprint density at radius 1 is 0.938 bits per heavy atom. The topological polar surface area (TPSA) is 0 Å². The van der Waals surface area contributed by atoms with E-state index in [4.69, 9.17) is 0 Å². The minimum absolute atomic E-state index is 0.710. The van der Waals surface area contributed by atoms with Crippen molar-refractivity contribution in [2.24, 2.45) is 35.0 Å². The van der Waals surface area contributed by atoms with Gasteiger partial charge in [0.25, 0.3) is 0 Å². The molecule has 16 heavy (non-hydrogen) atoms. The van der Waals surface area contributed by atoms with Crippen molar-refractivity contribution in [3.05, 3.63) is 0 Å². The molecule has 0 N–H and O–H groups in total. The normalized spacial score (nSPS) is 48.2. The fourth-order valence-corrected chi connectivity index (χ4v) is 4.87. The van der Waals surface area contributed by atoms with Gasteiger partial charge in [0.1, 0.15) is 0 Å². The molecule has 0 heteroatoms. The summed E-state index contributed by atoms with van der Waals surface area (Å²) in [4.78, 5) is 0. The zero-order valence-corrected chi connectivity index (χ0v) is 11.9. The molecule has 0 aliphatic heterocycles. The number of hydrogen-bond donors (Lipinski definition) is 0. The molecule has 0 spiro atoms. The smallest absolute Gasteiger partial charge is 0.0295 e. The van der Waals surface area contributed by atoms with Crippen LogP contribution in [0.4, 0.5) is 0 Å². The van der Waals surface area contributed by atoms with Crippen molar-refractivity contribution in [3.8, 4) is 0 Å². The molecule has 4 aliphatic rings. The molecular weight excluding hydrogens is 192 g/mol. The van der Waals surface area contributed by atoms with Gasteiger partial charge in [0.2, 0.25) is 0 Å². The highest BCUT2D eigenvalue weighted by Gasteiger charge is 2.57. The quantitative estimate of drug-likeness (QED) is 0.533. The maximum Gasteiger partial charge on any atom is -0.0295 e. The van der Waals surface area contributed by atoms with Gasteiger partial charge in [-0.05, 0) is 60.7 Å². The molecule has 0 nitrogen and oxygen atoms in total. The molecule has 5 atom stereocenters. The molecule has 94 valence electrons. The Labute approximate surface area is 102 Å². The SMILES string of the molecule is CC.CC1CCC2C(C1)CC1CC2C1(C)C. The summed E-state index contributed by atoms with van der Waals surface area (Å²) < 4.78 is 0. The lowest BCUT2D eigenvalue weighted by atomic mass is 9.41. The third-order valence-electron chi connectivity index (χ3n) is 5.95. The van der Waals surface area contributed by atoms with E-state index in [9.17, 15) is 0 Å². The van der Waals surface area contributed by atoms with Gasteiger partial charge in [0, 0.05) is 0 Å². The van der Waals surface area contributed by atoms with Crippen molar-refractivity contribution in [1.29, 1.82) is 0 Å². The van der Waals surface area contributed by atoms with Crippen LogP contribution in [0.1, 0.15) is 66.7 Å². The molecule has 0 heterocycles. The summed E-state index contributed by atoms with van der Waals surface area (Å²) in [5.74, 6) is 5.44. The molecule has 0 amide bonds. The molecule has 0 aromatic rings. The van der Waals surface area contributed by atoms with Gasteiger partial charge in [0.05, 0.1) is 0 Å². The summed E-state index contributed by atoms with van der Waals surface area (Å²) >= 11 is 0. The first-order valence-corrected chi connectivity index (χ1v) is 7.59. The van der Waals surface area contributed by atoms with Crippen LogP contribution in [-0.4, -0.2) is 0 Å². The zero-order valence-electron chi connectivity index (χ0n) is 11.9. The summed E-state index contributed by atoms with van der Waals surface area (Å²) in [5, 5.41) is 0. The van der Waals surface area contributed by atoms with E-state index in [0.717, 1.165) is 29.6 Å². The predicted molar refractivity (Wildman–Crippen MR) is 71.3 cm³/mol. The first-order valence-electron chi connectivity index (χ1n) is 7.59. The van der Waals surface area contributed by atoms with Crippen LogP contribution in [0.3, 0.4) is 0 Å². The molecule has 0 saturated heterocycles. The molecule has 0 aromatic heterocycles. The third-order valence-corrected chi connectivity index (χ3v) is 5.95. The van der Waals surface area contributed by atoms with E-state index in [1.807, 2.05) is 13.8 Å². The summed E-state index contributed by atoms with van der Waals surface area (Å²) in [7, 11) is 0. The van der Waals surface area contributed by atoms with E-state index in [1.165, 1.54) is 6.42 Å². The molecule has 4 rings (SSSR count). The number of hydrogen-bond acceptors (Lipinski definition) is 0. The molecule has 4 fully saturated rings. The van der Waals surface area contributed by atoms with E-state index >= 15 is 0 Å². The Morgan fingerprint density at radius 2 is 1.62 bits per heavy atom. The van der Waals surface area contributed by atoms with E-state index in [0.29, 0.717) is 5.41 Å². The van der Waals surface area contributed by atoms with Crippen molar-refractivity contribution in [2.45, 2.75) is 66.7 Å². The highest BCUT2D eigenvalue weighted by Crippen LogP contribution is 2.65. The van der Waals surface area contributed by atoms with Gasteiger partial charge in [0.15, 0.2) is 0 Å². The Bertz CT molecular complexity index is 240. The molecule has 0 aromatic carbocycles. The van der Waals surface area contributed by atoms with E-state index in [-0.39, 0.29) is 0 Å². The van der Waals surface area contributed by atoms with Crippen molar-refractivity contribution < 1.29 is 0 Å². The van der Waals surface area contributed by atoms with Crippen molar-refractivity contribution in [3.63, 3.8) is 0 Å². The van der Waals surface area contributed by atoms with Crippen molar-refractivity contribution in [2.75, 3.05) is 0 Å². The van der Waals surface area contributed by atoms with Crippen LogP contribution < -0.4 is 0 Å². The molecular formula is C16H30. The Morgan fingerprint density at radius 3 is 2.25 bits per heavy atom. The average molecular weight is 222 g/mol. The third kappa shape index (κ3) is 1.73. The van der Waals surface area contributed by atoms with Gasteiger partial charge in [-0.3, -0.25) is 0 Å². The minimum atomic E-state index is 0.710. The average Bonchev–Trinajstić information content (AvgIpc) is 2.30. The lowest BCUT2D eigenvalue weighted by Crippen LogP contribution is -2.56. The van der Waals surface area contributed by atoms with E-state index in [2.05, 4.69) is 20.8 Å². The van der Waals surface area contributed by atoms with Gasteiger partial charge in [-0.2, -0.15) is 0 Å². The van der Waals surface area contributed by atoms with Crippen LogP contribution in [0, 0.1) is 35.0 Å². The van der Waals surface area contributed by atoms with Crippen LogP contribution in [0.15, 0.2) is 0 Å². The first-order chi connectivity index (χ1) is 7.59. The lowest BCUT2D eigenvalue weighted by molar-refractivity contribution is -0.149. The highest BCUT2D eigenvalue weighted by molar-refractivity contribution is 5.06. The van der Waals surface area contributed by atoms with Gasteiger partial charge >= 0.3 is 0 Å². The monoisotopic (exact) mass is 222 g/mol. The second-order valence-corrected chi connectivity index (χ2v) is 6.94. The Kier molecular flexibility index (Phi) is 3.39. The Balaban J connectivity index is 0.000000457. The van der Waals surface area contributed by atoms with Gasteiger partial charge < -0.3 is 0 Å². The highest BCUT2D eigenvalue weighted by atomic mass is 14.6. The van der Waals surface area contributed by atoms with Crippen LogP contribution in [0.5, 0.6) is 0 Å². The summed E-state index contributed by atoms with van der Waals surface area (Å²) in [6.45, 7) is 11.5. The van der Waals surface area contributed by atoms with Crippen LogP contribution in [-0.2, 0) is 0 Å². The molecule has 4 saturated carbocycles. The van der Waals surface area contributed by atoms with Crippen LogP contribution in [0.2, 0.25) is 0 Å². The van der Waals surface area contributed by atoms with E-state index < -0.39 is 0 Å². The lowest BCUT2D eigenvalue weighted by Gasteiger charge is -2.64. The molecule has 0 radical (unpaired) electrons. The van der Waals surface area contributed by atoms with Crippen molar-refractivity contribution >= 4 is 0 Å². The predicted octanol–water partition coefficient (Wildman–Crippen LogP) is 5.13. The molecule has 5 unspecified atom stereocenters. The standard InChI is InChI=1S/C14H24.C2H6/c1-9-4-5-12-10(6-9)7-11-8-13(12)14(11,2)3;1-2/h9-13H,4-8H2,1-3H3;1-2H3. The first kappa shape index (κ1) is 12.5. The summed E-state index contributed by atoms with van der Waals surface area (Å²) in [6.07, 6.45) is 7.75. The minimum Gasteiger partial charge on any atom is -0.0683 e. The number of rotatable bonds is 0. The largest absolute Gasteiger partial charge is 0.0683 e. The maximum absolute atomic E-state index is 2.53. The second kappa shape index (κ2) is 4.35. The van der Waals surface area contributed by atoms with Gasteiger partial charge in [-0.1, -0.05) is 41.0 Å². The van der Waals surface area contributed by atoms with Gasteiger partial charge in [-0.25, -0.2) is 0 Å². The fourth-order valence-electron chi connectivity index (χ4n) is 4.87. The summed E-state index contributed by atoms with van der Waals surface area (Å²) in [6, 6.07) is 0. The molecule has 2 bridgehead atoms. The van der Waals surface area contributed by atoms with Gasteiger partial charge in [-0.15, -0.1) is 0 Å². The van der Waals surface area contributed by atoms with E-state index in [1.54, 1.807) is 25.7 Å². The van der Waals surface area contributed by atoms with Crippen LogP contribution in [0.25, 0.3) is 0 Å². The molecule has 4 aliphatic carbocycles. The fraction of sp³-hybridized carbons (Fsp3) is 1.00. The van der Waals surface area contributed by atoms with Crippen molar-refractivity contribution in [1.82, 2.24) is 0 Å². The van der Waals surface area contributed by atoms with Crippen LogP contribution >= 0.6 is 0 Å².